The number of carbonyl (C=O) groups excluding carboxylic acids is 1. The Morgan fingerprint density at radius 3 is 2.49 bits per heavy atom. The van der Waals surface area contributed by atoms with Gasteiger partial charge in [-0.2, -0.15) is 0 Å². The molecular weight excluding hydrogens is 724 g/mol. The normalized spacial score (nSPS) is 23.3. The highest BCUT2D eigenvalue weighted by atomic mass is 17.1. The van der Waals surface area contributed by atoms with Crippen LogP contribution in [0, 0.1) is 0 Å². The third-order valence-corrected chi connectivity index (χ3v) is 9.67. The maximum absolute atomic E-state index is 12.9. The van der Waals surface area contributed by atoms with Crippen LogP contribution in [0.5, 0.6) is 11.5 Å². The molecule has 2 fully saturated rings. The van der Waals surface area contributed by atoms with Crippen LogP contribution < -0.4 is 19.7 Å². The fourth-order valence-electron chi connectivity index (χ4n) is 6.96. The Hall–Kier alpha value is -3.37. The van der Waals surface area contributed by atoms with Crippen molar-refractivity contribution in [3.8, 4) is 11.5 Å². The summed E-state index contributed by atoms with van der Waals surface area (Å²) in [6, 6.07) is 15.9. The molecule has 2 heterocycles. The molecule has 2 aliphatic heterocycles. The number of nitrogens with one attached hydrogen (secondary N) is 1. The van der Waals surface area contributed by atoms with E-state index in [0.717, 1.165) is 67.9 Å². The molecule has 5 N–H and O–H groups in total. The van der Waals surface area contributed by atoms with Gasteiger partial charge in [0.2, 0.25) is 0 Å². The van der Waals surface area contributed by atoms with E-state index in [4.69, 9.17) is 58.8 Å². The first-order valence-electron chi connectivity index (χ1n) is 18.9. The molecule has 4 unspecified atom stereocenters. The summed E-state index contributed by atoms with van der Waals surface area (Å²) in [6.07, 6.45) is 1.68. The van der Waals surface area contributed by atoms with Crippen molar-refractivity contribution in [3.05, 3.63) is 54.1 Å². The molecule has 18 heteroatoms. The fraction of sp³-hybridized carbons (Fsp3) is 0.649. The zero-order valence-corrected chi connectivity index (χ0v) is 31.3. The number of ether oxygens (including phenoxy) is 7. The number of unbranched alkanes of at least 4 members (excludes halogenated alkanes) is 1. The van der Waals surface area contributed by atoms with Crippen LogP contribution in [0.3, 0.4) is 0 Å². The number of nitrogens with zero attached hydrogens (tertiary/aromatic N) is 3. The summed E-state index contributed by atoms with van der Waals surface area (Å²) in [4.78, 5) is 24.5. The first-order chi connectivity index (χ1) is 26.8. The van der Waals surface area contributed by atoms with E-state index in [-0.39, 0.29) is 31.8 Å². The lowest BCUT2D eigenvalue weighted by Crippen LogP contribution is -2.58. The number of methoxy groups -OCH3 is 1. The monoisotopic (exact) mass is 780 g/mol. The third-order valence-electron chi connectivity index (χ3n) is 9.67. The highest BCUT2D eigenvalue weighted by Crippen LogP contribution is 2.34. The van der Waals surface area contributed by atoms with Crippen LogP contribution in [-0.4, -0.2) is 134 Å². The Bertz CT molecular complexity index is 1390. The Labute approximate surface area is 321 Å². The lowest BCUT2D eigenvalue weighted by Gasteiger charge is -2.40. The number of benzene rings is 2. The summed E-state index contributed by atoms with van der Waals surface area (Å²) < 4.78 is 41.9. The summed E-state index contributed by atoms with van der Waals surface area (Å²) in [6.45, 7) is 3.75. The second kappa shape index (κ2) is 23.0. The predicted molar refractivity (Wildman–Crippen MR) is 192 cm³/mol. The number of rotatable bonds is 22. The molecule has 2 aromatic carbocycles. The lowest BCUT2D eigenvalue weighted by atomic mass is 9.94. The number of piperidine rings is 1. The second-order valence-corrected chi connectivity index (χ2v) is 13.7. The van der Waals surface area contributed by atoms with E-state index in [0.29, 0.717) is 45.8 Å². The van der Waals surface area contributed by atoms with Crippen LogP contribution in [0.4, 0.5) is 10.5 Å². The second-order valence-electron chi connectivity index (χ2n) is 13.7. The molecule has 1 aliphatic carbocycles. The van der Waals surface area contributed by atoms with Crippen molar-refractivity contribution in [2.24, 2.45) is 0 Å². The zero-order chi connectivity index (χ0) is 38.8. The van der Waals surface area contributed by atoms with Crippen LogP contribution in [0.25, 0.3) is 0 Å². The molecule has 4 atom stereocenters. The van der Waals surface area contributed by atoms with Gasteiger partial charge in [-0.25, -0.2) is 14.5 Å². The standard InChI is InChI=1S/C37H56N4O14/c1-47-19-7-17-39-18-21-48-33-16-11-27(22-32(33)39)25-50-34-23-38-24-35(36(34)53-30-14-12-29(13-15-30)52-28-8-3-2-4-9-28)54-37(42)49-20-6-5-10-31(55-41(45)46)26-51-40(43)44/h2-4,8-9,11,16,22,29-31,34-36,38,43-46H,5-7,10,12-15,17-21,23-26H2,1H3. The van der Waals surface area contributed by atoms with E-state index < -0.39 is 41.4 Å². The SMILES string of the molecule is COCCCN1CCOc2ccc(COC3CNCC(OC(=O)OCCCCC(CON(O)O)ON(O)O)C3OC3CCC(Oc4ccccc4)CC3)cc21. The van der Waals surface area contributed by atoms with E-state index in [2.05, 4.69) is 21.1 Å². The van der Waals surface area contributed by atoms with Crippen molar-refractivity contribution in [2.45, 2.75) is 94.6 Å². The van der Waals surface area contributed by atoms with Gasteiger partial charge in [0.15, 0.2) is 0 Å². The Morgan fingerprint density at radius 2 is 1.73 bits per heavy atom. The van der Waals surface area contributed by atoms with Crippen LogP contribution in [0.15, 0.2) is 48.5 Å². The predicted octanol–water partition coefficient (Wildman–Crippen LogP) is 4.27. The Balaban J connectivity index is 1.17. The fourth-order valence-corrected chi connectivity index (χ4v) is 6.96. The molecule has 5 rings (SSSR count). The van der Waals surface area contributed by atoms with E-state index in [1.54, 1.807) is 7.11 Å². The van der Waals surface area contributed by atoms with Crippen LogP contribution in [0.1, 0.15) is 56.9 Å². The van der Waals surface area contributed by atoms with Gasteiger partial charge in [-0.05, 0) is 81.2 Å². The van der Waals surface area contributed by atoms with Gasteiger partial charge in [0.25, 0.3) is 0 Å². The smallest absolute Gasteiger partial charge is 0.490 e. The molecule has 308 valence electrons. The minimum Gasteiger partial charge on any atom is -0.490 e. The molecular formula is C37H56N4O14. The minimum absolute atomic E-state index is 0.0159. The van der Waals surface area contributed by atoms with Gasteiger partial charge in [-0.15, -0.1) is 0 Å². The van der Waals surface area contributed by atoms with E-state index in [9.17, 15) is 4.79 Å². The first kappa shape index (κ1) is 42.8. The molecule has 2 aromatic rings. The number of para-hydroxylation sites is 1. The van der Waals surface area contributed by atoms with E-state index in [1.807, 2.05) is 42.5 Å². The third kappa shape index (κ3) is 14.6. The molecule has 0 amide bonds. The molecule has 1 saturated heterocycles. The van der Waals surface area contributed by atoms with Crippen molar-refractivity contribution in [1.29, 1.82) is 0 Å². The summed E-state index contributed by atoms with van der Waals surface area (Å²) in [5.74, 6) is 1.69. The number of hydrogen-bond acceptors (Lipinski definition) is 18. The van der Waals surface area contributed by atoms with Crippen LogP contribution in [-0.2, 0) is 40.0 Å². The molecule has 0 radical (unpaired) electrons. The molecule has 3 aliphatic rings. The summed E-state index contributed by atoms with van der Waals surface area (Å²) in [5.41, 5.74) is 2.01. The number of fused-ring (bicyclic) bond motifs is 1. The van der Waals surface area contributed by atoms with Gasteiger partial charge in [0, 0.05) is 33.4 Å². The van der Waals surface area contributed by atoms with Gasteiger partial charge in [0.1, 0.15) is 49.1 Å². The number of anilines is 1. The first-order valence-corrected chi connectivity index (χ1v) is 18.9. The molecule has 0 aromatic heterocycles. The van der Waals surface area contributed by atoms with Gasteiger partial charge in [0.05, 0.1) is 48.4 Å². The minimum atomic E-state index is -0.929. The summed E-state index contributed by atoms with van der Waals surface area (Å²) in [7, 11) is 1.71. The highest BCUT2D eigenvalue weighted by Gasteiger charge is 2.40. The molecule has 1 saturated carbocycles. The zero-order valence-electron chi connectivity index (χ0n) is 31.3. The highest BCUT2D eigenvalue weighted by molar-refractivity contribution is 5.61. The number of carbonyl (C=O) groups is 1. The van der Waals surface area contributed by atoms with Crippen molar-refractivity contribution in [1.82, 2.24) is 16.1 Å². The van der Waals surface area contributed by atoms with E-state index in [1.165, 1.54) is 0 Å². The van der Waals surface area contributed by atoms with Gasteiger partial charge < -0.3 is 43.4 Å². The topological polar surface area (TPSA) is 203 Å². The average molecular weight is 781 g/mol. The largest absolute Gasteiger partial charge is 0.508 e. The Kier molecular flexibility index (Phi) is 17.9. The molecule has 0 spiro atoms. The van der Waals surface area contributed by atoms with E-state index >= 15 is 0 Å². The van der Waals surface area contributed by atoms with Crippen LogP contribution >= 0.6 is 0 Å². The van der Waals surface area contributed by atoms with Gasteiger partial charge in [-0.3, -0.25) is 20.8 Å². The maximum atomic E-state index is 12.9. The van der Waals surface area contributed by atoms with Crippen molar-refractivity contribution in [2.75, 3.05) is 64.6 Å². The van der Waals surface area contributed by atoms with Crippen LogP contribution in [0.2, 0.25) is 0 Å². The number of hydrogen-bond donors (Lipinski definition) is 5. The lowest BCUT2D eigenvalue weighted by molar-refractivity contribution is -0.527. The van der Waals surface area contributed by atoms with Crippen molar-refractivity contribution >= 4 is 11.8 Å². The van der Waals surface area contributed by atoms with Gasteiger partial charge in [-0.1, -0.05) is 24.3 Å². The van der Waals surface area contributed by atoms with Gasteiger partial charge >= 0.3 is 6.16 Å². The summed E-state index contributed by atoms with van der Waals surface area (Å²) >= 11 is 0. The molecule has 18 nitrogen and oxygen atoms in total. The molecule has 55 heavy (non-hydrogen) atoms. The average Bonchev–Trinajstić information content (AvgIpc) is 3.18. The van der Waals surface area contributed by atoms with Crippen molar-refractivity contribution < 1.29 is 68.5 Å². The quantitative estimate of drug-likeness (QED) is 0.0643. The van der Waals surface area contributed by atoms with Crippen molar-refractivity contribution in [3.63, 3.8) is 0 Å². The maximum Gasteiger partial charge on any atom is 0.508 e. The Morgan fingerprint density at radius 1 is 0.945 bits per heavy atom. The summed E-state index contributed by atoms with van der Waals surface area (Å²) in [5, 5.41) is 37.8. The molecule has 0 bridgehead atoms.